The number of methoxy groups -OCH3 is 1. The van der Waals surface area contributed by atoms with Crippen LogP contribution in [0.2, 0.25) is 5.02 Å². The van der Waals surface area contributed by atoms with E-state index in [1.54, 1.807) is 17.5 Å². The van der Waals surface area contributed by atoms with Gasteiger partial charge in [0, 0.05) is 17.5 Å². The van der Waals surface area contributed by atoms with Crippen LogP contribution in [0.5, 0.6) is 5.75 Å². The van der Waals surface area contributed by atoms with Gasteiger partial charge < -0.3 is 10.5 Å². The third-order valence-corrected chi connectivity index (χ3v) is 5.43. The average Bonchev–Trinajstić information content (AvgIpc) is 2.90. The van der Waals surface area contributed by atoms with Gasteiger partial charge in [-0.05, 0) is 23.6 Å². The molecule has 8 heteroatoms. The first kappa shape index (κ1) is 15.1. The van der Waals surface area contributed by atoms with Crippen molar-refractivity contribution >= 4 is 38.6 Å². The van der Waals surface area contributed by atoms with E-state index >= 15 is 0 Å². The molecule has 0 spiro atoms. The Morgan fingerprint density at radius 1 is 1.40 bits per heavy atom. The first-order chi connectivity index (χ1) is 9.47. The van der Waals surface area contributed by atoms with Crippen LogP contribution in [0.25, 0.3) is 0 Å². The van der Waals surface area contributed by atoms with E-state index in [-0.39, 0.29) is 11.4 Å². The quantitative estimate of drug-likeness (QED) is 0.882. The molecule has 3 N–H and O–H groups in total. The first-order valence-electron chi connectivity index (χ1n) is 5.60. The summed E-state index contributed by atoms with van der Waals surface area (Å²) in [5.41, 5.74) is 5.91. The van der Waals surface area contributed by atoms with Crippen molar-refractivity contribution in [1.29, 1.82) is 0 Å². The standard InChI is InChI=1S/C12H13ClN2O3S2/c1-18-10-6-8(2-3-9(10)13)15-20(16,17)12-4-5-19-11(12)7-14/h2-6,15H,7,14H2,1H3. The molecule has 2 aromatic rings. The average molecular weight is 333 g/mol. The summed E-state index contributed by atoms with van der Waals surface area (Å²) in [6.45, 7) is 0.178. The van der Waals surface area contributed by atoms with Crippen LogP contribution in [0.15, 0.2) is 34.5 Å². The number of benzene rings is 1. The Balaban J connectivity index is 2.33. The van der Waals surface area contributed by atoms with Gasteiger partial charge in [-0.3, -0.25) is 4.72 Å². The van der Waals surface area contributed by atoms with Crippen LogP contribution in [0.4, 0.5) is 5.69 Å². The minimum atomic E-state index is -3.67. The van der Waals surface area contributed by atoms with E-state index < -0.39 is 10.0 Å². The maximum Gasteiger partial charge on any atom is 0.263 e. The largest absolute Gasteiger partial charge is 0.495 e. The third-order valence-electron chi connectivity index (χ3n) is 2.58. The van der Waals surface area contributed by atoms with Gasteiger partial charge in [0.15, 0.2) is 0 Å². The predicted molar refractivity (Wildman–Crippen MR) is 81.0 cm³/mol. The van der Waals surface area contributed by atoms with Crippen LogP contribution in [-0.4, -0.2) is 15.5 Å². The normalized spacial score (nSPS) is 11.3. The van der Waals surface area contributed by atoms with Crippen molar-refractivity contribution in [2.45, 2.75) is 11.4 Å². The summed E-state index contributed by atoms with van der Waals surface area (Å²) < 4.78 is 32.1. The van der Waals surface area contributed by atoms with Crippen molar-refractivity contribution in [3.8, 4) is 5.75 Å². The fraction of sp³-hybridized carbons (Fsp3) is 0.167. The number of rotatable bonds is 5. The lowest BCUT2D eigenvalue weighted by Crippen LogP contribution is -2.14. The van der Waals surface area contributed by atoms with Crippen molar-refractivity contribution in [3.05, 3.63) is 39.5 Å². The van der Waals surface area contributed by atoms with E-state index in [2.05, 4.69) is 4.72 Å². The maximum absolute atomic E-state index is 12.3. The number of nitrogens with one attached hydrogen (secondary N) is 1. The molecule has 20 heavy (non-hydrogen) atoms. The Hall–Kier alpha value is -1.28. The van der Waals surface area contributed by atoms with Crippen LogP contribution in [0.3, 0.4) is 0 Å². The third kappa shape index (κ3) is 3.06. The minimum Gasteiger partial charge on any atom is -0.495 e. The molecule has 0 atom stereocenters. The molecule has 0 radical (unpaired) electrons. The monoisotopic (exact) mass is 332 g/mol. The van der Waals surface area contributed by atoms with E-state index in [1.807, 2.05) is 0 Å². The molecule has 1 aromatic heterocycles. The number of sulfonamides is 1. The van der Waals surface area contributed by atoms with Crippen LogP contribution < -0.4 is 15.2 Å². The Morgan fingerprint density at radius 3 is 2.80 bits per heavy atom. The number of hydrogen-bond acceptors (Lipinski definition) is 5. The van der Waals surface area contributed by atoms with Gasteiger partial charge in [-0.2, -0.15) is 0 Å². The molecule has 0 bridgehead atoms. The molecule has 108 valence electrons. The van der Waals surface area contributed by atoms with Gasteiger partial charge in [-0.15, -0.1) is 11.3 Å². The number of anilines is 1. The van der Waals surface area contributed by atoms with Crippen LogP contribution in [0, 0.1) is 0 Å². The van der Waals surface area contributed by atoms with Gasteiger partial charge in [0.2, 0.25) is 0 Å². The zero-order valence-corrected chi connectivity index (χ0v) is 13.0. The number of hydrogen-bond donors (Lipinski definition) is 2. The van der Waals surface area contributed by atoms with Gasteiger partial charge in [0.25, 0.3) is 10.0 Å². The lowest BCUT2D eigenvalue weighted by Gasteiger charge is -2.10. The van der Waals surface area contributed by atoms with Gasteiger partial charge in [0.1, 0.15) is 10.6 Å². The molecule has 1 heterocycles. The van der Waals surface area contributed by atoms with E-state index in [0.29, 0.717) is 21.3 Å². The summed E-state index contributed by atoms with van der Waals surface area (Å²) in [6, 6.07) is 6.18. The molecule has 0 unspecified atom stereocenters. The van der Waals surface area contributed by atoms with Crippen molar-refractivity contribution in [3.63, 3.8) is 0 Å². The van der Waals surface area contributed by atoms with Crippen molar-refractivity contribution < 1.29 is 13.2 Å². The molecule has 0 aliphatic rings. The van der Waals surface area contributed by atoms with E-state index in [1.165, 1.54) is 30.6 Å². The van der Waals surface area contributed by atoms with Crippen LogP contribution >= 0.6 is 22.9 Å². The highest BCUT2D eigenvalue weighted by Gasteiger charge is 2.19. The molecule has 2 rings (SSSR count). The molecule has 0 fully saturated rings. The van der Waals surface area contributed by atoms with E-state index in [0.717, 1.165) is 0 Å². The lowest BCUT2D eigenvalue weighted by molar-refractivity contribution is 0.415. The van der Waals surface area contributed by atoms with Gasteiger partial charge >= 0.3 is 0 Å². The van der Waals surface area contributed by atoms with Gasteiger partial charge in [0.05, 0.1) is 17.8 Å². The van der Waals surface area contributed by atoms with Crippen molar-refractivity contribution in [2.24, 2.45) is 5.73 Å². The van der Waals surface area contributed by atoms with Gasteiger partial charge in [-0.25, -0.2) is 8.42 Å². The lowest BCUT2D eigenvalue weighted by atomic mass is 10.3. The van der Waals surface area contributed by atoms with Gasteiger partial charge in [-0.1, -0.05) is 11.6 Å². The zero-order valence-electron chi connectivity index (χ0n) is 10.6. The molecular formula is C12H13ClN2O3S2. The van der Waals surface area contributed by atoms with E-state index in [4.69, 9.17) is 22.1 Å². The topological polar surface area (TPSA) is 81.4 Å². The zero-order chi connectivity index (χ0) is 14.8. The molecule has 0 aliphatic heterocycles. The fourth-order valence-corrected chi connectivity index (χ4v) is 4.23. The molecule has 0 saturated heterocycles. The summed E-state index contributed by atoms with van der Waals surface area (Å²) in [7, 11) is -2.21. The van der Waals surface area contributed by atoms with Crippen molar-refractivity contribution in [1.82, 2.24) is 0 Å². The Kier molecular flexibility index (Phi) is 4.54. The van der Waals surface area contributed by atoms with Crippen LogP contribution in [-0.2, 0) is 16.6 Å². The summed E-state index contributed by atoms with van der Waals surface area (Å²) in [5.74, 6) is 0.399. The number of ether oxygens (including phenoxy) is 1. The Bertz CT molecular complexity index is 713. The molecule has 5 nitrogen and oxygen atoms in total. The summed E-state index contributed by atoms with van der Waals surface area (Å²) in [5, 5.41) is 2.10. The summed E-state index contributed by atoms with van der Waals surface area (Å²) in [6.07, 6.45) is 0. The SMILES string of the molecule is COc1cc(NS(=O)(=O)c2ccsc2CN)ccc1Cl. The first-order valence-corrected chi connectivity index (χ1v) is 8.35. The summed E-state index contributed by atoms with van der Waals surface area (Å²) >= 11 is 7.20. The smallest absolute Gasteiger partial charge is 0.263 e. The fourth-order valence-electron chi connectivity index (χ4n) is 1.65. The highest BCUT2D eigenvalue weighted by molar-refractivity contribution is 7.93. The predicted octanol–water partition coefficient (Wildman–Crippen LogP) is 2.67. The van der Waals surface area contributed by atoms with E-state index in [9.17, 15) is 8.42 Å². The molecule has 0 amide bonds. The highest BCUT2D eigenvalue weighted by Crippen LogP contribution is 2.29. The second kappa shape index (κ2) is 6.01. The van der Waals surface area contributed by atoms with Crippen LogP contribution in [0.1, 0.15) is 4.88 Å². The molecule has 0 saturated carbocycles. The second-order valence-electron chi connectivity index (χ2n) is 3.87. The number of nitrogens with two attached hydrogens (primary N) is 1. The minimum absolute atomic E-state index is 0.178. The second-order valence-corrected chi connectivity index (χ2v) is 6.93. The molecule has 0 aliphatic carbocycles. The Labute approximate surface area is 126 Å². The summed E-state index contributed by atoms with van der Waals surface area (Å²) in [4.78, 5) is 0.803. The molecular weight excluding hydrogens is 320 g/mol. The Morgan fingerprint density at radius 2 is 2.15 bits per heavy atom. The maximum atomic E-state index is 12.3. The molecule has 1 aromatic carbocycles. The number of thiophene rings is 1. The van der Waals surface area contributed by atoms with Crippen molar-refractivity contribution in [2.75, 3.05) is 11.8 Å². The highest BCUT2D eigenvalue weighted by atomic mass is 35.5. The number of halogens is 1.